The molecule has 0 aromatic rings. The van der Waals surface area contributed by atoms with E-state index in [1.807, 2.05) is 11.8 Å². The van der Waals surface area contributed by atoms with Gasteiger partial charge in [0.2, 0.25) is 0 Å². The summed E-state index contributed by atoms with van der Waals surface area (Å²) in [7, 11) is 0. The van der Waals surface area contributed by atoms with Crippen LogP contribution >= 0.6 is 11.8 Å². The second kappa shape index (κ2) is 6.22. The Labute approximate surface area is 124 Å². The van der Waals surface area contributed by atoms with Crippen molar-refractivity contribution in [2.24, 2.45) is 17.8 Å². The summed E-state index contributed by atoms with van der Waals surface area (Å²) in [6.07, 6.45) is 5.08. The smallest absolute Gasteiger partial charge is 0.306 e. The Morgan fingerprint density at radius 2 is 2.20 bits per heavy atom. The van der Waals surface area contributed by atoms with Crippen LogP contribution in [0, 0.1) is 17.8 Å². The standard InChI is InChI=1S/C14H24N2O3S/c1-8-5-6-20-11(8)13-15-12(16-19-13)9-3-2-4-10(7-9)14(17)18/h8-13,15-16H,2-7H2,1H3,(H,17,18). The molecular formula is C14H24N2O3S. The number of hydrogen-bond acceptors (Lipinski definition) is 5. The van der Waals surface area contributed by atoms with Crippen molar-refractivity contribution in [1.82, 2.24) is 10.8 Å². The van der Waals surface area contributed by atoms with E-state index in [0.717, 1.165) is 25.7 Å². The fraction of sp³-hybridized carbons (Fsp3) is 0.929. The zero-order chi connectivity index (χ0) is 14.1. The van der Waals surface area contributed by atoms with Gasteiger partial charge in [0.25, 0.3) is 0 Å². The highest BCUT2D eigenvalue weighted by molar-refractivity contribution is 8.00. The van der Waals surface area contributed by atoms with Crippen LogP contribution in [0.4, 0.5) is 0 Å². The second-order valence-electron chi connectivity index (χ2n) is 6.36. The molecule has 3 aliphatic rings. The molecular weight excluding hydrogens is 276 g/mol. The van der Waals surface area contributed by atoms with Crippen LogP contribution in [-0.2, 0) is 9.63 Å². The van der Waals surface area contributed by atoms with Gasteiger partial charge in [0, 0.05) is 5.25 Å². The maximum absolute atomic E-state index is 11.2. The lowest BCUT2D eigenvalue weighted by molar-refractivity contribution is -0.143. The van der Waals surface area contributed by atoms with Gasteiger partial charge in [0.05, 0.1) is 12.1 Å². The second-order valence-corrected chi connectivity index (χ2v) is 7.65. The van der Waals surface area contributed by atoms with Crippen LogP contribution in [0.15, 0.2) is 0 Å². The first-order valence-electron chi connectivity index (χ1n) is 7.67. The van der Waals surface area contributed by atoms with E-state index in [9.17, 15) is 9.90 Å². The van der Waals surface area contributed by atoms with E-state index in [-0.39, 0.29) is 18.3 Å². The fourth-order valence-corrected chi connectivity index (χ4v) is 5.20. The molecule has 3 N–H and O–H groups in total. The number of aliphatic carboxylic acids is 1. The van der Waals surface area contributed by atoms with E-state index in [1.165, 1.54) is 12.2 Å². The minimum absolute atomic E-state index is 0.0627. The van der Waals surface area contributed by atoms with Gasteiger partial charge in [0.1, 0.15) is 6.23 Å². The summed E-state index contributed by atoms with van der Waals surface area (Å²) < 4.78 is 0. The van der Waals surface area contributed by atoms with E-state index < -0.39 is 5.97 Å². The SMILES string of the molecule is CC1CCSC1C1NC(C2CCCC(C(=O)O)C2)NO1. The molecule has 114 valence electrons. The minimum Gasteiger partial charge on any atom is -0.481 e. The predicted octanol–water partition coefficient (Wildman–Crippen LogP) is 1.80. The van der Waals surface area contributed by atoms with Crippen molar-refractivity contribution in [3.8, 4) is 0 Å². The van der Waals surface area contributed by atoms with Crippen molar-refractivity contribution in [2.45, 2.75) is 56.7 Å². The first-order valence-corrected chi connectivity index (χ1v) is 8.71. The molecule has 0 aromatic heterocycles. The van der Waals surface area contributed by atoms with Crippen molar-refractivity contribution in [2.75, 3.05) is 5.75 Å². The summed E-state index contributed by atoms with van der Waals surface area (Å²) in [5, 5.41) is 13.2. The van der Waals surface area contributed by atoms with Gasteiger partial charge in [0.15, 0.2) is 0 Å². The van der Waals surface area contributed by atoms with Gasteiger partial charge in [-0.1, -0.05) is 13.3 Å². The fourth-order valence-electron chi connectivity index (χ4n) is 3.64. The van der Waals surface area contributed by atoms with E-state index in [0.29, 0.717) is 17.1 Å². The molecule has 2 saturated heterocycles. The van der Waals surface area contributed by atoms with Gasteiger partial charge in [-0.2, -0.15) is 17.2 Å². The average molecular weight is 300 g/mol. The molecule has 6 unspecified atom stereocenters. The molecule has 2 aliphatic heterocycles. The molecule has 6 atom stereocenters. The van der Waals surface area contributed by atoms with Crippen molar-refractivity contribution in [3.63, 3.8) is 0 Å². The number of carboxylic acid groups (broad SMARTS) is 1. The molecule has 0 aromatic carbocycles. The maximum atomic E-state index is 11.2. The lowest BCUT2D eigenvalue weighted by atomic mass is 9.80. The zero-order valence-electron chi connectivity index (χ0n) is 11.9. The van der Waals surface area contributed by atoms with Crippen molar-refractivity contribution < 1.29 is 14.7 Å². The van der Waals surface area contributed by atoms with Crippen LogP contribution in [0.2, 0.25) is 0 Å². The van der Waals surface area contributed by atoms with Crippen molar-refractivity contribution in [1.29, 1.82) is 0 Å². The highest BCUT2D eigenvalue weighted by Gasteiger charge is 2.41. The zero-order valence-corrected chi connectivity index (χ0v) is 12.7. The molecule has 0 bridgehead atoms. The summed E-state index contributed by atoms with van der Waals surface area (Å²) in [6, 6.07) is 0. The third-order valence-corrected chi connectivity index (χ3v) is 6.51. The molecule has 0 spiro atoms. The first kappa shape index (κ1) is 14.6. The number of rotatable bonds is 3. The monoisotopic (exact) mass is 300 g/mol. The molecule has 2 heterocycles. The molecule has 0 amide bonds. The number of hydroxylamine groups is 1. The number of carboxylic acids is 1. The van der Waals surface area contributed by atoms with Crippen LogP contribution in [0.1, 0.15) is 39.0 Å². The summed E-state index contributed by atoms with van der Waals surface area (Å²) in [4.78, 5) is 16.9. The van der Waals surface area contributed by atoms with Crippen LogP contribution < -0.4 is 10.8 Å². The third-order valence-electron chi connectivity index (χ3n) is 4.94. The molecule has 0 radical (unpaired) electrons. The highest BCUT2D eigenvalue weighted by atomic mass is 32.2. The lowest BCUT2D eigenvalue weighted by Gasteiger charge is -2.30. The largest absolute Gasteiger partial charge is 0.481 e. The van der Waals surface area contributed by atoms with Gasteiger partial charge in [-0.25, -0.2) is 0 Å². The van der Waals surface area contributed by atoms with Gasteiger partial charge < -0.3 is 5.11 Å². The van der Waals surface area contributed by atoms with Gasteiger partial charge in [-0.05, 0) is 43.3 Å². The molecule has 6 heteroatoms. The van der Waals surface area contributed by atoms with Gasteiger partial charge >= 0.3 is 5.97 Å². The molecule has 1 saturated carbocycles. The normalized spacial score (nSPS) is 45.6. The first-order chi connectivity index (χ1) is 9.65. The Bertz CT molecular complexity index is 368. The third kappa shape index (κ3) is 2.98. The van der Waals surface area contributed by atoms with Crippen molar-refractivity contribution >= 4 is 17.7 Å². The molecule has 1 aliphatic carbocycles. The molecule has 3 rings (SSSR count). The summed E-state index contributed by atoms with van der Waals surface area (Å²) >= 11 is 1.98. The van der Waals surface area contributed by atoms with E-state index in [1.54, 1.807) is 0 Å². The molecule has 3 fully saturated rings. The number of thioether (sulfide) groups is 1. The van der Waals surface area contributed by atoms with Crippen LogP contribution in [0.25, 0.3) is 0 Å². The Morgan fingerprint density at radius 1 is 1.35 bits per heavy atom. The molecule has 5 nitrogen and oxygen atoms in total. The Hall–Kier alpha value is -0.300. The Kier molecular flexibility index (Phi) is 4.55. The summed E-state index contributed by atoms with van der Waals surface area (Å²) in [5.41, 5.74) is 3.12. The van der Waals surface area contributed by atoms with E-state index in [4.69, 9.17) is 4.84 Å². The Morgan fingerprint density at radius 3 is 2.90 bits per heavy atom. The molecule has 20 heavy (non-hydrogen) atoms. The highest BCUT2D eigenvalue weighted by Crippen LogP contribution is 2.37. The Balaban J connectivity index is 1.55. The van der Waals surface area contributed by atoms with Gasteiger partial charge in [-0.15, -0.1) is 0 Å². The quantitative estimate of drug-likeness (QED) is 0.738. The van der Waals surface area contributed by atoms with Crippen LogP contribution in [-0.4, -0.2) is 34.5 Å². The lowest BCUT2D eigenvalue weighted by Crippen LogP contribution is -2.45. The van der Waals surface area contributed by atoms with E-state index in [2.05, 4.69) is 17.7 Å². The van der Waals surface area contributed by atoms with Crippen molar-refractivity contribution in [3.05, 3.63) is 0 Å². The van der Waals surface area contributed by atoms with Crippen LogP contribution in [0.5, 0.6) is 0 Å². The number of hydrogen-bond donors (Lipinski definition) is 3. The predicted molar refractivity (Wildman–Crippen MR) is 78.0 cm³/mol. The maximum Gasteiger partial charge on any atom is 0.306 e. The number of carbonyl (C=O) groups is 1. The average Bonchev–Trinajstić information content (AvgIpc) is 3.07. The van der Waals surface area contributed by atoms with E-state index >= 15 is 0 Å². The topological polar surface area (TPSA) is 70.6 Å². The summed E-state index contributed by atoms with van der Waals surface area (Å²) in [5.74, 6) is 1.41. The summed E-state index contributed by atoms with van der Waals surface area (Å²) in [6.45, 7) is 2.28. The van der Waals surface area contributed by atoms with Gasteiger partial charge in [-0.3, -0.25) is 14.9 Å². The number of nitrogens with one attached hydrogen (secondary N) is 2. The minimum atomic E-state index is -0.648. The van der Waals surface area contributed by atoms with Crippen LogP contribution in [0.3, 0.4) is 0 Å².